The van der Waals surface area contributed by atoms with Gasteiger partial charge < -0.3 is 10.2 Å². The summed E-state index contributed by atoms with van der Waals surface area (Å²) in [7, 11) is 0. The van der Waals surface area contributed by atoms with Gasteiger partial charge in [0.1, 0.15) is 0 Å². The molecular formula is C14H19Cl3N2. The van der Waals surface area contributed by atoms with Crippen LogP contribution in [0.15, 0.2) is 12.1 Å². The van der Waals surface area contributed by atoms with Gasteiger partial charge in [-0.3, -0.25) is 0 Å². The normalized spacial score (nSPS) is 20.7. The summed E-state index contributed by atoms with van der Waals surface area (Å²) < 4.78 is 0. The molecule has 5 heteroatoms. The third kappa shape index (κ3) is 3.69. The van der Waals surface area contributed by atoms with Gasteiger partial charge in [0.15, 0.2) is 0 Å². The van der Waals surface area contributed by atoms with E-state index in [4.69, 9.17) is 34.8 Å². The average molecular weight is 322 g/mol. The van der Waals surface area contributed by atoms with Crippen molar-refractivity contribution in [1.29, 1.82) is 0 Å². The fourth-order valence-corrected chi connectivity index (χ4v) is 3.03. The molecule has 1 aromatic rings. The lowest BCUT2D eigenvalue weighted by Crippen LogP contribution is -2.41. The van der Waals surface area contributed by atoms with Crippen LogP contribution in [0.2, 0.25) is 15.1 Å². The van der Waals surface area contributed by atoms with Crippen molar-refractivity contribution in [3.05, 3.63) is 27.2 Å². The van der Waals surface area contributed by atoms with Crippen LogP contribution >= 0.6 is 34.8 Å². The molecule has 0 saturated carbocycles. The predicted molar refractivity (Wildman–Crippen MR) is 84.9 cm³/mol. The Morgan fingerprint density at radius 1 is 1.16 bits per heavy atom. The zero-order valence-corrected chi connectivity index (χ0v) is 13.5. The summed E-state index contributed by atoms with van der Waals surface area (Å²) in [5.74, 6) is 0.585. The van der Waals surface area contributed by atoms with Crippen LogP contribution < -0.4 is 10.2 Å². The lowest BCUT2D eigenvalue weighted by atomic mass is 10.0. The van der Waals surface area contributed by atoms with E-state index in [0.29, 0.717) is 27.0 Å². The van der Waals surface area contributed by atoms with Crippen LogP contribution in [0.5, 0.6) is 0 Å². The van der Waals surface area contributed by atoms with Crippen molar-refractivity contribution in [2.75, 3.05) is 24.5 Å². The number of hydrogen-bond donors (Lipinski definition) is 1. The van der Waals surface area contributed by atoms with Crippen LogP contribution in [-0.4, -0.2) is 25.7 Å². The highest BCUT2D eigenvalue weighted by molar-refractivity contribution is 6.44. The molecule has 1 fully saturated rings. The second-order valence-electron chi connectivity index (χ2n) is 5.32. The molecule has 0 aromatic heterocycles. The van der Waals surface area contributed by atoms with Crippen molar-refractivity contribution >= 4 is 40.5 Å². The van der Waals surface area contributed by atoms with Crippen molar-refractivity contribution in [3.8, 4) is 0 Å². The highest BCUT2D eigenvalue weighted by Crippen LogP contribution is 2.35. The second kappa shape index (κ2) is 6.53. The molecule has 0 amide bonds. The SMILES string of the molecule is CC(C)C1CN(c2cc(Cl)c(Cl)cc2Cl)CCCN1. The van der Waals surface area contributed by atoms with E-state index >= 15 is 0 Å². The minimum atomic E-state index is 0.466. The van der Waals surface area contributed by atoms with Crippen molar-refractivity contribution < 1.29 is 0 Å². The van der Waals surface area contributed by atoms with Crippen LogP contribution in [-0.2, 0) is 0 Å². The highest BCUT2D eigenvalue weighted by atomic mass is 35.5. The second-order valence-corrected chi connectivity index (χ2v) is 6.54. The molecule has 0 aliphatic carbocycles. The molecule has 106 valence electrons. The largest absolute Gasteiger partial charge is 0.369 e. The Hall–Kier alpha value is -0.150. The molecule has 0 bridgehead atoms. The fraction of sp³-hybridized carbons (Fsp3) is 0.571. The molecule has 1 unspecified atom stereocenters. The maximum atomic E-state index is 6.31. The van der Waals surface area contributed by atoms with Gasteiger partial charge in [0, 0.05) is 19.1 Å². The lowest BCUT2D eigenvalue weighted by Gasteiger charge is -2.29. The number of anilines is 1. The molecular weight excluding hydrogens is 303 g/mol. The molecule has 2 rings (SSSR count). The van der Waals surface area contributed by atoms with E-state index in [0.717, 1.165) is 31.7 Å². The monoisotopic (exact) mass is 320 g/mol. The number of halogens is 3. The Morgan fingerprint density at radius 3 is 2.53 bits per heavy atom. The minimum absolute atomic E-state index is 0.466. The molecule has 0 radical (unpaired) electrons. The van der Waals surface area contributed by atoms with E-state index in [1.54, 1.807) is 6.07 Å². The number of nitrogens with one attached hydrogen (secondary N) is 1. The first kappa shape index (κ1) is 15.2. The van der Waals surface area contributed by atoms with Gasteiger partial charge in [-0.2, -0.15) is 0 Å². The molecule has 0 spiro atoms. The van der Waals surface area contributed by atoms with E-state index in [9.17, 15) is 0 Å². The van der Waals surface area contributed by atoms with Gasteiger partial charge >= 0.3 is 0 Å². The van der Waals surface area contributed by atoms with Crippen molar-refractivity contribution in [1.82, 2.24) is 5.32 Å². The van der Waals surface area contributed by atoms with Gasteiger partial charge in [-0.1, -0.05) is 48.7 Å². The minimum Gasteiger partial charge on any atom is -0.369 e. The molecule has 2 nitrogen and oxygen atoms in total. The highest BCUT2D eigenvalue weighted by Gasteiger charge is 2.22. The van der Waals surface area contributed by atoms with Crippen LogP contribution in [0.4, 0.5) is 5.69 Å². The van der Waals surface area contributed by atoms with Crippen LogP contribution in [0.3, 0.4) is 0 Å². The van der Waals surface area contributed by atoms with Gasteiger partial charge in [-0.25, -0.2) is 0 Å². The van der Waals surface area contributed by atoms with E-state index in [1.807, 2.05) is 6.07 Å². The summed E-state index contributed by atoms with van der Waals surface area (Å²) in [6.45, 7) is 7.43. The van der Waals surface area contributed by atoms with Crippen LogP contribution in [0.25, 0.3) is 0 Å². The van der Waals surface area contributed by atoms with E-state index in [1.165, 1.54) is 0 Å². The number of hydrogen-bond acceptors (Lipinski definition) is 2. The summed E-state index contributed by atoms with van der Waals surface area (Å²) in [6, 6.07) is 4.06. The molecule has 1 aromatic carbocycles. The molecule has 19 heavy (non-hydrogen) atoms. The number of benzene rings is 1. The summed E-state index contributed by atoms with van der Waals surface area (Å²) in [6.07, 6.45) is 1.10. The van der Waals surface area contributed by atoms with Crippen LogP contribution in [0.1, 0.15) is 20.3 Å². The van der Waals surface area contributed by atoms with E-state index in [2.05, 4.69) is 24.1 Å². The third-order valence-electron chi connectivity index (χ3n) is 3.56. The summed E-state index contributed by atoms with van der Waals surface area (Å²) in [5, 5.41) is 5.31. The Balaban J connectivity index is 2.26. The van der Waals surface area contributed by atoms with E-state index in [-0.39, 0.29) is 0 Å². The quantitative estimate of drug-likeness (QED) is 0.808. The first-order chi connectivity index (χ1) is 8.99. The Morgan fingerprint density at radius 2 is 1.84 bits per heavy atom. The molecule has 1 aliphatic rings. The van der Waals surface area contributed by atoms with Gasteiger partial charge in [0.25, 0.3) is 0 Å². The zero-order valence-electron chi connectivity index (χ0n) is 11.2. The Labute approximate surface area is 130 Å². The lowest BCUT2D eigenvalue weighted by molar-refractivity contribution is 0.420. The van der Waals surface area contributed by atoms with Crippen molar-refractivity contribution in [2.45, 2.75) is 26.3 Å². The standard InChI is InChI=1S/C14H19Cl3N2/c1-9(2)13-8-19(5-3-4-18-13)14-7-11(16)10(15)6-12(14)17/h6-7,9,13,18H,3-5,8H2,1-2H3. The topological polar surface area (TPSA) is 15.3 Å². The molecule has 1 heterocycles. The van der Waals surface area contributed by atoms with Crippen LogP contribution in [0, 0.1) is 5.92 Å². The summed E-state index contributed by atoms with van der Waals surface area (Å²) >= 11 is 18.4. The number of rotatable bonds is 2. The Bertz CT molecular complexity index is 449. The molecule has 1 atom stereocenters. The Kier molecular flexibility index (Phi) is 5.24. The molecule has 1 saturated heterocycles. The third-order valence-corrected chi connectivity index (χ3v) is 4.59. The first-order valence-corrected chi connectivity index (χ1v) is 7.75. The summed E-state index contributed by atoms with van der Waals surface area (Å²) in [4.78, 5) is 2.30. The average Bonchev–Trinajstić information content (AvgIpc) is 2.59. The van der Waals surface area contributed by atoms with Crippen molar-refractivity contribution in [3.63, 3.8) is 0 Å². The smallest absolute Gasteiger partial charge is 0.0655 e. The number of nitrogens with zero attached hydrogens (tertiary/aromatic N) is 1. The van der Waals surface area contributed by atoms with Gasteiger partial charge in [0.05, 0.1) is 20.8 Å². The van der Waals surface area contributed by atoms with E-state index < -0.39 is 0 Å². The molecule has 1 N–H and O–H groups in total. The van der Waals surface area contributed by atoms with Crippen molar-refractivity contribution in [2.24, 2.45) is 5.92 Å². The maximum Gasteiger partial charge on any atom is 0.0655 e. The maximum absolute atomic E-state index is 6.31. The predicted octanol–water partition coefficient (Wildman–Crippen LogP) is 4.47. The van der Waals surface area contributed by atoms with Gasteiger partial charge in [-0.05, 0) is 31.0 Å². The first-order valence-electron chi connectivity index (χ1n) is 6.62. The molecule has 1 aliphatic heterocycles. The summed E-state index contributed by atoms with van der Waals surface area (Å²) in [5.41, 5.74) is 0.977. The van der Waals surface area contributed by atoms with Gasteiger partial charge in [-0.15, -0.1) is 0 Å². The van der Waals surface area contributed by atoms with Gasteiger partial charge in [0.2, 0.25) is 0 Å². The fourth-order valence-electron chi connectivity index (χ4n) is 2.37. The zero-order chi connectivity index (χ0) is 14.0.